The molecule has 0 bridgehead atoms. The predicted molar refractivity (Wildman–Crippen MR) is 100 cm³/mol. The highest BCUT2D eigenvalue weighted by atomic mass is 16.5. The van der Waals surface area contributed by atoms with E-state index in [1.165, 1.54) is 17.7 Å². The topological polar surface area (TPSA) is 91.9 Å². The summed E-state index contributed by atoms with van der Waals surface area (Å²) in [6.07, 6.45) is 2.57. The number of benzene rings is 1. The van der Waals surface area contributed by atoms with Crippen molar-refractivity contribution < 1.29 is 19.1 Å². The van der Waals surface area contributed by atoms with Gasteiger partial charge in [-0.2, -0.15) is 0 Å². The number of nitrogens with one attached hydrogen (secondary N) is 3. The molecule has 0 spiro atoms. The van der Waals surface area contributed by atoms with Crippen molar-refractivity contribution >= 4 is 11.9 Å². The summed E-state index contributed by atoms with van der Waals surface area (Å²) in [5, 5.41) is 2.24. The molecule has 0 aromatic heterocycles. The summed E-state index contributed by atoms with van der Waals surface area (Å²) in [6, 6.07) is 7.93. The van der Waals surface area contributed by atoms with Crippen molar-refractivity contribution in [3.05, 3.63) is 29.8 Å². The maximum atomic E-state index is 11.4. The minimum Gasteiger partial charge on any atom is -0.493 e. The number of hydrogen-bond donors (Lipinski definition) is 3. The molecule has 148 valence electrons. The molecule has 1 saturated heterocycles. The van der Waals surface area contributed by atoms with Crippen molar-refractivity contribution in [2.24, 2.45) is 5.92 Å². The van der Waals surface area contributed by atoms with E-state index in [2.05, 4.69) is 35.2 Å². The number of amides is 3. The fourth-order valence-electron chi connectivity index (χ4n) is 2.74. The van der Waals surface area contributed by atoms with Crippen molar-refractivity contribution in [3.63, 3.8) is 0 Å². The third kappa shape index (κ3) is 6.50. The molecule has 1 aromatic rings. The van der Waals surface area contributed by atoms with Crippen molar-refractivity contribution in [1.82, 2.24) is 21.1 Å². The fraction of sp³-hybridized carbons (Fsp3) is 0.579. The van der Waals surface area contributed by atoms with Crippen molar-refractivity contribution in [2.75, 3.05) is 39.5 Å². The molecule has 0 radical (unpaired) electrons. The van der Waals surface area contributed by atoms with E-state index in [0.29, 0.717) is 26.3 Å². The molecule has 3 rings (SSSR count). The van der Waals surface area contributed by atoms with E-state index in [-0.39, 0.29) is 24.5 Å². The maximum absolute atomic E-state index is 11.4. The summed E-state index contributed by atoms with van der Waals surface area (Å²) in [5.74, 6) is 1.40. The van der Waals surface area contributed by atoms with Crippen LogP contribution in [0.1, 0.15) is 31.4 Å². The van der Waals surface area contributed by atoms with Crippen LogP contribution in [-0.4, -0.2) is 56.3 Å². The molecule has 1 unspecified atom stereocenters. The van der Waals surface area contributed by atoms with E-state index in [9.17, 15) is 9.59 Å². The lowest BCUT2D eigenvalue weighted by Crippen LogP contribution is -2.37. The molecule has 2 aliphatic rings. The molecule has 8 nitrogen and oxygen atoms in total. The van der Waals surface area contributed by atoms with E-state index in [1.807, 2.05) is 12.1 Å². The number of hydrazine groups is 1. The second-order valence-corrected chi connectivity index (χ2v) is 7.01. The molecule has 1 heterocycles. The van der Waals surface area contributed by atoms with Crippen molar-refractivity contribution in [1.29, 1.82) is 0 Å². The van der Waals surface area contributed by atoms with Gasteiger partial charge in [0.15, 0.2) is 0 Å². The van der Waals surface area contributed by atoms with Gasteiger partial charge in [0.2, 0.25) is 5.91 Å². The molecule has 2 fully saturated rings. The standard InChI is InChI=1S/C19H28N4O4/c1-14(16-3-2-4-17(11-16)27-13-15-5-6-15)22-20-7-9-26-10-8-23-12-18(24)21-19(23)25/h2-4,11,14-15,20,22H,5-10,12-13H2,1H3,(H,21,24,25). The fourth-order valence-corrected chi connectivity index (χ4v) is 2.74. The number of carbonyl (C=O) groups is 2. The number of hydrogen-bond acceptors (Lipinski definition) is 6. The third-order valence-electron chi connectivity index (χ3n) is 4.60. The Labute approximate surface area is 159 Å². The van der Waals surface area contributed by atoms with E-state index in [1.54, 1.807) is 0 Å². The highest BCUT2D eigenvalue weighted by Crippen LogP contribution is 2.30. The second kappa shape index (κ2) is 9.68. The predicted octanol–water partition coefficient (Wildman–Crippen LogP) is 1.20. The summed E-state index contributed by atoms with van der Waals surface area (Å²) in [4.78, 5) is 23.9. The van der Waals surface area contributed by atoms with E-state index < -0.39 is 0 Å². The zero-order valence-corrected chi connectivity index (χ0v) is 15.7. The summed E-state index contributed by atoms with van der Waals surface area (Å²) in [5.41, 5.74) is 7.54. The maximum Gasteiger partial charge on any atom is 0.324 e. The average Bonchev–Trinajstić information content (AvgIpc) is 3.43. The lowest BCUT2D eigenvalue weighted by molar-refractivity contribution is -0.118. The van der Waals surface area contributed by atoms with Crippen LogP contribution in [0.2, 0.25) is 0 Å². The van der Waals surface area contributed by atoms with E-state index in [4.69, 9.17) is 9.47 Å². The molecule has 1 aromatic carbocycles. The Hall–Kier alpha value is -2.16. The van der Waals surface area contributed by atoms with Crippen LogP contribution in [0.25, 0.3) is 0 Å². The lowest BCUT2D eigenvalue weighted by atomic mass is 10.1. The molecule has 27 heavy (non-hydrogen) atoms. The van der Waals surface area contributed by atoms with E-state index in [0.717, 1.165) is 23.8 Å². The summed E-state index contributed by atoms with van der Waals surface area (Å²) < 4.78 is 11.3. The molecule has 8 heteroatoms. The Morgan fingerprint density at radius 1 is 1.30 bits per heavy atom. The summed E-state index contributed by atoms with van der Waals surface area (Å²) in [6.45, 7) is 4.96. The SMILES string of the molecule is CC(NNCCOCCN1CC(=O)NC1=O)c1cccc(OCC2CC2)c1. The number of carbonyl (C=O) groups excluding carboxylic acids is 2. The molecular formula is C19H28N4O4. The average molecular weight is 376 g/mol. The van der Waals surface area contributed by atoms with Crippen molar-refractivity contribution in [2.45, 2.75) is 25.8 Å². The molecule has 3 N–H and O–H groups in total. The first kappa shape index (κ1) is 19.6. The van der Waals surface area contributed by atoms with Gasteiger partial charge in [0.25, 0.3) is 0 Å². The normalized spacial score (nSPS) is 17.9. The number of rotatable bonds is 12. The molecule has 3 amide bonds. The van der Waals surface area contributed by atoms with Crippen LogP contribution in [0.4, 0.5) is 4.79 Å². The highest BCUT2D eigenvalue weighted by Gasteiger charge is 2.25. The quantitative estimate of drug-likeness (QED) is 0.288. The van der Waals surface area contributed by atoms with Crippen molar-refractivity contribution in [3.8, 4) is 5.75 Å². The smallest absolute Gasteiger partial charge is 0.324 e. The van der Waals surface area contributed by atoms with Crippen LogP contribution < -0.4 is 20.9 Å². The largest absolute Gasteiger partial charge is 0.493 e. The highest BCUT2D eigenvalue weighted by molar-refractivity contribution is 6.01. The minimum atomic E-state index is -0.347. The van der Waals surface area contributed by atoms with Gasteiger partial charge in [-0.25, -0.2) is 4.79 Å². The van der Waals surface area contributed by atoms with Gasteiger partial charge in [0, 0.05) is 19.1 Å². The Balaban J connectivity index is 1.26. The minimum absolute atomic E-state index is 0.114. The summed E-state index contributed by atoms with van der Waals surface area (Å²) in [7, 11) is 0. The molecular weight excluding hydrogens is 348 g/mol. The summed E-state index contributed by atoms with van der Waals surface area (Å²) >= 11 is 0. The van der Waals surface area contributed by atoms with Gasteiger partial charge < -0.3 is 14.4 Å². The number of imide groups is 1. The van der Waals surface area contributed by atoms with Crippen LogP contribution in [0.5, 0.6) is 5.75 Å². The van der Waals surface area contributed by atoms with E-state index >= 15 is 0 Å². The first-order chi connectivity index (χ1) is 13.1. The molecule has 1 aliphatic carbocycles. The molecule has 1 atom stereocenters. The van der Waals surface area contributed by atoms with Crippen LogP contribution >= 0.6 is 0 Å². The number of nitrogens with zero attached hydrogens (tertiary/aromatic N) is 1. The van der Waals surface area contributed by atoms with Gasteiger partial charge in [-0.05, 0) is 43.4 Å². The van der Waals surface area contributed by atoms with Gasteiger partial charge in [0.1, 0.15) is 12.3 Å². The van der Waals surface area contributed by atoms with Gasteiger partial charge >= 0.3 is 6.03 Å². The van der Waals surface area contributed by atoms with Gasteiger partial charge in [-0.3, -0.25) is 21.0 Å². The Morgan fingerprint density at radius 3 is 2.89 bits per heavy atom. The van der Waals surface area contributed by atoms with Crippen LogP contribution in [-0.2, 0) is 9.53 Å². The van der Waals surface area contributed by atoms with Gasteiger partial charge in [-0.15, -0.1) is 0 Å². The first-order valence-corrected chi connectivity index (χ1v) is 9.49. The van der Waals surface area contributed by atoms with Gasteiger partial charge in [-0.1, -0.05) is 12.1 Å². The molecule has 1 aliphatic heterocycles. The second-order valence-electron chi connectivity index (χ2n) is 7.01. The zero-order chi connectivity index (χ0) is 19.1. The van der Waals surface area contributed by atoms with Crippen LogP contribution in [0.15, 0.2) is 24.3 Å². The zero-order valence-electron chi connectivity index (χ0n) is 15.7. The Morgan fingerprint density at radius 2 is 2.15 bits per heavy atom. The lowest BCUT2D eigenvalue weighted by Gasteiger charge is -2.17. The first-order valence-electron chi connectivity index (χ1n) is 9.49. The Bertz CT molecular complexity index is 650. The van der Waals surface area contributed by atoms with Crippen LogP contribution in [0, 0.1) is 5.92 Å². The number of urea groups is 1. The number of ether oxygens (including phenoxy) is 2. The Kier molecular flexibility index (Phi) is 7.03. The monoisotopic (exact) mass is 376 g/mol. The molecule has 1 saturated carbocycles. The third-order valence-corrected chi connectivity index (χ3v) is 4.60. The van der Waals surface area contributed by atoms with Crippen LogP contribution in [0.3, 0.4) is 0 Å². The van der Waals surface area contributed by atoms with Gasteiger partial charge in [0.05, 0.1) is 19.8 Å².